The third kappa shape index (κ3) is 1.44. The summed E-state index contributed by atoms with van der Waals surface area (Å²) in [6, 6.07) is 0.418. The quantitative estimate of drug-likeness (QED) is 0.665. The number of rotatable bonds is 1. The van der Waals surface area contributed by atoms with E-state index in [1.54, 1.807) is 6.33 Å². The van der Waals surface area contributed by atoms with Gasteiger partial charge in [-0.1, -0.05) is 0 Å². The largest absolute Gasteiger partial charge is 0.381 e. The lowest BCUT2D eigenvalue weighted by Crippen LogP contribution is -2.19. The summed E-state index contributed by atoms with van der Waals surface area (Å²) in [5, 5.41) is 7.94. The van der Waals surface area contributed by atoms with Crippen LogP contribution in [0.3, 0.4) is 0 Å². The van der Waals surface area contributed by atoms with E-state index in [1.165, 1.54) is 0 Å². The van der Waals surface area contributed by atoms with Crippen molar-refractivity contribution < 1.29 is 4.74 Å². The highest BCUT2D eigenvalue weighted by Crippen LogP contribution is 2.22. The second-order valence-electron chi connectivity index (χ2n) is 2.85. The molecular formula is C7H10ClN3O. The van der Waals surface area contributed by atoms with Crippen molar-refractivity contribution in [2.24, 2.45) is 0 Å². The van der Waals surface area contributed by atoms with Crippen molar-refractivity contribution in [1.29, 1.82) is 0 Å². The van der Waals surface area contributed by atoms with E-state index in [-0.39, 0.29) is 0 Å². The minimum atomic E-state index is 0.418. The molecule has 0 amide bonds. The van der Waals surface area contributed by atoms with Gasteiger partial charge >= 0.3 is 0 Å². The smallest absolute Gasteiger partial charge is 0.225 e. The Bertz CT molecular complexity index is 257. The Labute approximate surface area is 75.5 Å². The summed E-state index contributed by atoms with van der Waals surface area (Å²) >= 11 is 5.82. The Morgan fingerprint density at radius 1 is 1.50 bits per heavy atom. The van der Waals surface area contributed by atoms with E-state index in [0.717, 1.165) is 26.1 Å². The van der Waals surface area contributed by atoms with E-state index in [1.807, 2.05) is 4.57 Å². The molecule has 1 saturated heterocycles. The van der Waals surface area contributed by atoms with Gasteiger partial charge in [0.15, 0.2) is 0 Å². The van der Waals surface area contributed by atoms with Crippen molar-refractivity contribution in [2.75, 3.05) is 13.2 Å². The molecule has 0 atom stereocenters. The third-order valence-electron chi connectivity index (χ3n) is 2.11. The molecule has 12 heavy (non-hydrogen) atoms. The van der Waals surface area contributed by atoms with Gasteiger partial charge in [-0.05, 0) is 24.4 Å². The van der Waals surface area contributed by atoms with Crippen LogP contribution < -0.4 is 0 Å². The van der Waals surface area contributed by atoms with Crippen LogP contribution in [-0.4, -0.2) is 28.0 Å². The highest BCUT2D eigenvalue weighted by atomic mass is 35.5. The summed E-state index contributed by atoms with van der Waals surface area (Å²) in [6.07, 6.45) is 3.67. The lowest BCUT2D eigenvalue weighted by atomic mass is 10.1. The first-order valence-corrected chi connectivity index (χ1v) is 4.38. The summed E-state index contributed by atoms with van der Waals surface area (Å²) in [7, 11) is 0. The Morgan fingerprint density at radius 2 is 2.25 bits per heavy atom. The van der Waals surface area contributed by atoms with Gasteiger partial charge in [0.2, 0.25) is 5.28 Å². The molecule has 0 radical (unpaired) electrons. The van der Waals surface area contributed by atoms with E-state index in [0.29, 0.717) is 11.3 Å². The van der Waals surface area contributed by atoms with Gasteiger partial charge in [0, 0.05) is 19.3 Å². The summed E-state index contributed by atoms with van der Waals surface area (Å²) < 4.78 is 7.15. The van der Waals surface area contributed by atoms with Crippen LogP contribution in [0.1, 0.15) is 18.9 Å². The van der Waals surface area contributed by atoms with Crippen LogP contribution >= 0.6 is 11.6 Å². The fraction of sp³-hybridized carbons (Fsp3) is 0.714. The normalized spacial score (nSPS) is 19.8. The fourth-order valence-corrected chi connectivity index (χ4v) is 1.66. The van der Waals surface area contributed by atoms with Gasteiger partial charge in [-0.25, -0.2) is 0 Å². The zero-order valence-corrected chi connectivity index (χ0v) is 7.37. The van der Waals surface area contributed by atoms with Crippen LogP contribution in [0.15, 0.2) is 6.33 Å². The second kappa shape index (κ2) is 3.41. The van der Waals surface area contributed by atoms with Crippen LogP contribution in [0, 0.1) is 0 Å². The molecule has 1 aliphatic rings. The molecule has 1 aliphatic heterocycles. The third-order valence-corrected chi connectivity index (χ3v) is 2.38. The molecule has 0 aliphatic carbocycles. The maximum Gasteiger partial charge on any atom is 0.225 e. The zero-order valence-electron chi connectivity index (χ0n) is 6.61. The number of halogens is 1. The van der Waals surface area contributed by atoms with E-state index < -0.39 is 0 Å². The van der Waals surface area contributed by atoms with Crippen LogP contribution in [0.5, 0.6) is 0 Å². The Kier molecular flexibility index (Phi) is 2.28. The predicted molar refractivity (Wildman–Crippen MR) is 44.1 cm³/mol. The highest BCUT2D eigenvalue weighted by molar-refractivity contribution is 6.28. The van der Waals surface area contributed by atoms with Crippen molar-refractivity contribution in [3.8, 4) is 0 Å². The summed E-state index contributed by atoms with van der Waals surface area (Å²) in [5.74, 6) is 0. The van der Waals surface area contributed by atoms with Gasteiger partial charge in [0.25, 0.3) is 0 Å². The topological polar surface area (TPSA) is 39.9 Å². The standard InChI is InChI=1S/C7H10ClN3O/c8-7-10-9-5-11(7)6-1-3-12-4-2-6/h5-6H,1-4H2. The fourth-order valence-electron chi connectivity index (χ4n) is 1.44. The number of aromatic nitrogens is 3. The lowest BCUT2D eigenvalue weighted by Gasteiger charge is -2.22. The molecule has 0 N–H and O–H groups in total. The van der Waals surface area contributed by atoms with Crippen LogP contribution in [0.4, 0.5) is 0 Å². The summed E-state index contributed by atoms with van der Waals surface area (Å²) in [5.41, 5.74) is 0. The predicted octanol–water partition coefficient (Wildman–Crippen LogP) is 1.28. The van der Waals surface area contributed by atoms with Gasteiger partial charge in [-0.3, -0.25) is 0 Å². The maximum absolute atomic E-state index is 5.82. The van der Waals surface area contributed by atoms with Crippen LogP contribution in [-0.2, 0) is 4.74 Å². The molecule has 1 aromatic heterocycles. The van der Waals surface area contributed by atoms with Gasteiger partial charge in [-0.15, -0.1) is 10.2 Å². The van der Waals surface area contributed by atoms with E-state index in [4.69, 9.17) is 16.3 Å². The van der Waals surface area contributed by atoms with Crippen LogP contribution in [0.25, 0.3) is 0 Å². The molecule has 0 unspecified atom stereocenters. The van der Waals surface area contributed by atoms with Gasteiger partial charge in [0.05, 0.1) is 0 Å². The molecule has 0 saturated carbocycles. The van der Waals surface area contributed by atoms with Gasteiger partial charge in [0.1, 0.15) is 6.33 Å². The van der Waals surface area contributed by atoms with Crippen LogP contribution in [0.2, 0.25) is 5.28 Å². The molecule has 1 fully saturated rings. The zero-order chi connectivity index (χ0) is 8.39. The molecule has 5 heteroatoms. The number of nitrogens with zero attached hydrogens (tertiary/aromatic N) is 3. The SMILES string of the molecule is Clc1nncn1C1CCOCC1. The van der Waals surface area contributed by atoms with E-state index in [2.05, 4.69) is 10.2 Å². The second-order valence-corrected chi connectivity index (χ2v) is 3.19. The average molecular weight is 188 g/mol. The molecule has 2 rings (SSSR count). The Hall–Kier alpha value is -0.610. The van der Waals surface area contributed by atoms with E-state index >= 15 is 0 Å². The van der Waals surface area contributed by atoms with Crippen molar-refractivity contribution in [3.63, 3.8) is 0 Å². The summed E-state index contributed by atoms with van der Waals surface area (Å²) in [4.78, 5) is 0. The Balaban J connectivity index is 2.13. The molecular weight excluding hydrogens is 178 g/mol. The maximum atomic E-state index is 5.82. The van der Waals surface area contributed by atoms with Gasteiger partial charge in [-0.2, -0.15) is 0 Å². The first-order valence-electron chi connectivity index (χ1n) is 4.00. The lowest BCUT2D eigenvalue weighted by molar-refractivity contribution is 0.0695. The van der Waals surface area contributed by atoms with Crippen molar-refractivity contribution in [2.45, 2.75) is 18.9 Å². The number of hydrogen-bond acceptors (Lipinski definition) is 3. The van der Waals surface area contributed by atoms with E-state index in [9.17, 15) is 0 Å². The summed E-state index contributed by atoms with van der Waals surface area (Å²) in [6.45, 7) is 1.61. The minimum absolute atomic E-state index is 0.418. The molecule has 66 valence electrons. The average Bonchev–Trinajstić information content (AvgIpc) is 2.53. The van der Waals surface area contributed by atoms with Crippen molar-refractivity contribution >= 4 is 11.6 Å². The highest BCUT2D eigenvalue weighted by Gasteiger charge is 2.17. The molecule has 0 aromatic carbocycles. The molecule has 0 bridgehead atoms. The monoisotopic (exact) mass is 187 g/mol. The first-order chi connectivity index (χ1) is 5.88. The number of ether oxygens (including phenoxy) is 1. The Morgan fingerprint density at radius 3 is 2.83 bits per heavy atom. The minimum Gasteiger partial charge on any atom is -0.381 e. The molecule has 4 nitrogen and oxygen atoms in total. The molecule has 2 heterocycles. The first kappa shape index (κ1) is 8.01. The molecule has 0 spiro atoms. The van der Waals surface area contributed by atoms with Crippen molar-refractivity contribution in [3.05, 3.63) is 11.6 Å². The van der Waals surface area contributed by atoms with Gasteiger partial charge < -0.3 is 9.30 Å². The molecule has 1 aromatic rings. The van der Waals surface area contributed by atoms with Crippen molar-refractivity contribution in [1.82, 2.24) is 14.8 Å². The number of hydrogen-bond donors (Lipinski definition) is 0.